The van der Waals surface area contributed by atoms with Crippen LogP contribution in [0.15, 0.2) is 10.2 Å². The maximum absolute atomic E-state index is 5.32. The van der Waals surface area contributed by atoms with Gasteiger partial charge in [0.25, 0.3) is 0 Å². The third-order valence-corrected chi connectivity index (χ3v) is 3.10. The van der Waals surface area contributed by atoms with Crippen LogP contribution in [0.4, 0.5) is 0 Å². The van der Waals surface area contributed by atoms with E-state index in [0.717, 1.165) is 48.6 Å². The maximum atomic E-state index is 5.32. The van der Waals surface area contributed by atoms with Gasteiger partial charge in [-0.1, -0.05) is 38.5 Å². The van der Waals surface area contributed by atoms with Gasteiger partial charge in [-0.05, 0) is 25.7 Å². The first kappa shape index (κ1) is 14.3. The highest BCUT2D eigenvalue weighted by molar-refractivity contribution is 8.26. The second kappa shape index (κ2) is 9.83. The van der Waals surface area contributed by atoms with Crippen molar-refractivity contribution in [1.82, 2.24) is 0 Å². The number of unbranched alkanes of at least 4 members (excludes halogenated alkanes) is 2. The van der Waals surface area contributed by atoms with Gasteiger partial charge in [-0.2, -0.15) is 10.2 Å². The van der Waals surface area contributed by atoms with Crippen molar-refractivity contribution in [1.29, 1.82) is 0 Å². The molecule has 0 aliphatic rings. The molecule has 0 fully saturated rings. The molecule has 0 atom stereocenters. The lowest BCUT2D eigenvalue weighted by Crippen LogP contribution is -2.05. The predicted octanol–water partition coefficient (Wildman–Crippen LogP) is 2.64. The normalized spacial score (nSPS) is 13.2. The number of hydrazone groups is 2. The first-order valence-electron chi connectivity index (χ1n) is 5.49. The summed E-state index contributed by atoms with van der Waals surface area (Å²) in [5.74, 6) is 10.6. The minimum atomic E-state index is 0.919. The first-order valence-corrected chi connectivity index (χ1v) is 6.31. The number of thioether (sulfide) groups is 1. The third-order valence-electron chi connectivity index (χ3n) is 2.01. The molecule has 0 aliphatic heterocycles. The monoisotopic (exact) mass is 230 g/mol. The second-order valence-corrected chi connectivity index (χ2v) is 4.50. The van der Waals surface area contributed by atoms with E-state index in [0.29, 0.717) is 0 Å². The van der Waals surface area contributed by atoms with Crippen molar-refractivity contribution in [2.24, 2.45) is 21.9 Å². The van der Waals surface area contributed by atoms with Crippen molar-refractivity contribution < 1.29 is 0 Å². The van der Waals surface area contributed by atoms with Crippen LogP contribution in [0.1, 0.15) is 52.4 Å². The summed E-state index contributed by atoms with van der Waals surface area (Å²) in [6.45, 7) is 4.29. The van der Waals surface area contributed by atoms with Crippen molar-refractivity contribution in [2.45, 2.75) is 52.4 Å². The molecule has 0 aromatic heterocycles. The lowest BCUT2D eigenvalue weighted by molar-refractivity contribution is 0.836. The molecule has 4 nitrogen and oxygen atoms in total. The molecule has 0 unspecified atom stereocenters. The van der Waals surface area contributed by atoms with E-state index in [9.17, 15) is 0 Å². The second-order valence-electron chi connectivity index (χ2n) is 3.35. The van der Waals surface area contributed by atoms with E-state index in [4.69, 9.17) is 11.7 Å². The van der Waals surface area contributed by atoms with Crippen molar-refractivity contribution in [3.8, 4) is 0 Å². The Balaban J connectivity index is 4.02. The van der Waals surface area contributed by atoms with E-state index in [-0.39, 0.29) is 0 Å². The fraction of sp³-hybridized carbons (Fsp3) is 0.800. The lowest BCUT2D eigenvalue weighted by atomic mass is 10.3. The molecule has 0 aromatic rings. The Morgan fingerprint density at radius 3 is 1.60 bits per heavy atom. The minimum Gasteiger partial charge on any atom is -0.323 e. The van der Waals surface area contributed by atoms with E-state index >= 15 is 0 Å². The van der Waals surface area contributed by atoms with Gasteiger partial charge in [0.15, 0.2) is 0 Å². The number of rotatable bonds is 6. The third kappa shape index (κ3) is 7.25. The molecule has 0 bridgehead atoms. The molecule has 0 heterocycles. The zero-order valence-electron chi connectivity index (χ0n) is 9.70. The summed E-state index contributed by atoms with van der Waals surface area (Å²) in [5, 5.41) is 9.39. The number of hydrogen-bond acceptors (Lipinski definition) is 5. The van der Waals surface area contributed by atoms with Crippen molar-refractivity contribution in [2.75, 3.05) is 0 Å². The number of hydrogen-bond donors (Lipinski definition) is 2. The van der Waals surface area contributed by atoms with Crippen LogP contribution in [0.2, 0.25) is 0 Å². The Bertz CT molecular complexity index is 191. The highest BCUT2D eigenvalue weighted by Gasteiger charge is 2.06. The quantitative estimate of drug-likeness (QED) is 0.319. The maximum Gasteiger partial charge on any atom is 0.0988 e. The van der Waals surface area contributed by atoms with Gasteiger partial charge in [0.2, 0.25) is 0 Å². The molecule has 0 saturated heterocycles. The molecule has 0 aliphatic carbocycles. The Kier molecular flexibility index (Phi) is 9.36. The van der Waals surface area contributed by atoms with Gasteiger partial charge >= 0.3 is 0 Å². The first-order chi connectivity index (χ1) is 7.28. The zero-order chi connectivity index (χ0) is 11.5. The van der Waals surface area contributed by atoms with Gasteiger partial charge in [0.05, 0.1) is 10.1 Å². The van der Waals surface area contributed by atoms with E-state index < -0.39 is 0 Å². The summed E-state index contributed by atoms with van der Waals surface area (Å²) >= 11 is 1.52. The molecule has 4 N–H and O–H groups in total. The van der Waals surface area contributed by atoms with Crippen LogP contribution in [0, 0.1) is 0 Å². The summed E-state index contributed by atoms with van der Waals surface area (Å²) in [6, 6.07) is 0. The summed E-state index contributed by atoms with van der Waals surface area (Å²) in [4.78, 5) is 0. The Labute approximate surface area is 96.6 Å². The SMILES string of the molecule is CCCCC(=NN)SC(CCCC)=NN. The van der Waals surface area contributed by atoms with Crippen LogP contribution < -0.4 is 11.7 Å². The fourth-order valence-electron chi connectivity index (χ4n) is 1.08. The van der Waals surface area contributed by atoms with Crippen molar-refractivity contribution in [3.05, 3.63) is 0 Å². The summed E-state index contributed by atoms with van der Waals surface area (Å²) < 4.78 is 0. The highest BCUT2D eigenvalue weighted by Crippen LogP contribution is 2.16. The molecular weight excluding hydrogens is 208 g/mol. The molecule has 0 radical (unpaired) electrons. The molecular formula is C10H22N4S. The van der Waals surface area contributed by atoms with Crippen molar-refractivity contribution >= 4 is 21.8 Å². The molecule has 0 saturated carbocycles. The number of nitrogens with zero attached hydrogens (tertiary/aromatic N) is 2. The van der Waals surface area contributed by atoms with Crippen LogP contribution in [-0.2, 0) is 0 Å². The van der Waals surface area contributed by atoms with Gasteiger partial charge in [0, 0.05) is 0 Å². The summed E-state index contributed by atoms with van der Waals surface area (Å²) in [5.41, 5.74) is 0. The zero-order valence-corrected chi connectivity index (χ0v) is 10.5. The fourth-order valence-corrected chi connectivity index (χ4v) is 1.95. The lowest BCUT2D eigenvalue weighted by Gasteiger charge is -2.05. The molecule has 0 rings (SSSR count). The summed E-state index contributed by atoms with van der Waals surface area (Å²) in [6.07, 6.45) is 6.34. The average Bonchev–Trinajstić information content (AvgIpc) is 2.28. The van der Waals surface area contributed by atoms with Crippen LogP contribution in [-0.4, -0.2) is 10.1 Å². The summed E-state index contributed by atoms with van der Waals surface area (Å²) in [7, 11) is 0. The van der Waals surface area contributed by atoms with Crippen LogP contribution >= 0.6 is 11.8 Å². The minimum absolute atomic E-state index is 0.919. The van der Waals surface area contributed by atoms with Crippen LogP contribution in [0.25, 0.3) is 0 Å². The van der Waals surface area contributed by atoms with E-state index in [1.807, 2.05) is 0 Å². The van der Waals surface area contributed by atoms with Gasteiger partial charge in [0.1, 0.15) is 0 Å². The topological polar surface area (TPSA) is 76.8 Å². The van der Waals surface area contributed by atoms with Crippen LogP contribution in [0.5, 0.6) is 0 Å². The van der Waals surface area contributed by atoms with E-state index in [2.05, 4.69) is 24.1 Å². The predicted molar refractivity (Wildman–Crippen MR) is 69.9 cm³/mol. The Morgan fingerprint density at radius 1 is 0.933 bits per heavy atom. The smallest absolute Gasteiger partial charge is 0.0988 e. The standard InChI is InChI=1S/C10H22N4S/c1-3-5-7-9(13-11)15-10(14-12)8-6-4-2/h3-8,11-12H2,1-2H3. The Hall–Kier alpha value is -0.710. The molecule has 0 spiro atoms. The van der Waals surface area contributed by atoms with Gasteiger partial charge in [-0.25, -0.2) is 0 Å². The largest absolute Gasteiger partial charge is 0.323 e. The molecule has 5 heteroatoms. The Morgan fingerprint density at radius 2 is 1.33 bits per heavy atom. The molecule has 15 heavy (non-hydrogen) atoms. The van der Waals surface area contributed by atoms with Crippen LogP contribution in [0.3, 0.4) is 0 Å². The van der Waals surface area contributed by atoms with Gasteiger partial charge < -0.3 is 11.7 Å². The van der Waals surface area contributed by atoms with Gasteiger partial charge in [-0.15, -0.1) is 0 Å². The highest BCUT2D eigenvalue weighted by atomic mass is 32.2. The van der Waals surface area contributed by atoms with Crippen molar-refractivity contribution in [3.63, 3.8) is 0 Å². The molecule has 0 aromatic carbocycles. The molecule has 88 valence electrons. The van der Waals surface area contributed by atoms with E-state index in [1.165, 1.54) is 11.8 Å². The van der Waals surface area contributed by atoms with Gasteiger partial charge in [-0.3, -0.25) is 0 Å². The average molecular weight is 230 g/mol. The number of nitrogens with two attached hydrogens (primary N) is 2. The molecule has 0 amide bonds. The van der Waals surface area contributed by atoms with E-state index in [1.54, 1.807) is 0 Å².